The van der Waals surface area contributed by atoms with E-state index in [1.807, 2.05) is 0 Å². The highest BCUT2D eigenvalue weighted by Crippen LogP contribution is 2.43. The van der Waals surface area contributed by atoms with E-state index < -0.39 is 5.60 Å². The molecular weight excluding hydrogens is 246 g/mol. The van der Waals surface area contributed by atoms with Gasteiger partial charge in [-0.25, -0.2) is 0 Å². The van der Waals surface area contributed by atoms with E-state index >= 15 is 0 Å². The number of rotatable bonds is 3. The molecule has 0 spiro atoms. The molecule has 0 amide bonds. The van der Waals surface area contributed by atoms with E-state index in [0.29, 0.717) is 17.3 Å². The number of phenolic OH excluding ortho intramolecular Hbond substituents is 1. The Kier molecular flexibility index (Phi) is 2.67. The average Bonchev–Trinajstić information content (AvgIpc) is 2.82. The van der Waals surface area contributed by atoms with Gasteiger partial charge < -0.3 is 20.1 Å². The van der Waals surface area contributed by atoms with E-state index in [4.69, 9.17) is 15.0 Å². The van der Waals surface area contributed by atoms with Crippen molar-refractivity contribution in [1.29, 1.82) is 0 Å². The summed E-state index contributed by atoms with van der Waals surface area (Å²) >= 11 is 0. The molecule has 3 rings (SSSR count). The molecule has 6 nitrogen and oxygen atoms in total. The second kappa shape index (κ2) is 4.24. The second-order valence-electron chi connectivity index (χ2n) is 4.75. The number of methoxy groups -OCH3 is 1. The first-order chi connectivity index (χ1) is 9.14. The molecule has 6 heteroatoms. The predicted octanol–water partition coefficient (Wildman–Crippen LogP) is 2.05. The van der Waals surface area contributed by atoms with Crippen LogP contribution < -0.4 is 5.73 Å². The molecule has 3 N–H and O–H groups in total. The highest BCUT2D eigenvalue weighted by atomic mass is 16.5. The van der Waals surface area contributed by atoms with Crippen LogP contribution in [0.5, 0.6) is 5.75 Å². The Morgan fingerprint density at radius 1 is 1.42 bits per heavy atom. The lowest BCUT2D eigenvalue weighted by atomic mass is 9.79. The van der Waals surface area contributed by atoms with Gasteiger partial charge in [0.1, 0.15) is 11.4 Å². The average molecular weight is 261 g/mol. The van der Waals surface area contributed by atoms with E-state index in [1.165, 1.54) is 6.07 Å². The van der Waals surface area contributed by atoms with Crippen LogP contribution in [0.1, 0.15) is 25.1 Å². The Hall–Kier alpha value is -2.08. The second-order valence-corrected chi connectivity index (χ2v) is 4.75. The maximum atomic E-state index is 9.40. The lowest BCUT2D eigenvalue weighted by Crippen LogP contribution is -2.37. The summed E-state index contributed by atoms with van der Waals surface area (Å²) in [4.78, 5) is 4.38. The van der Waals surface area contributed by atoms with Gasteiger partial charge in [0.05, 0.1) is 5.69 Å². The Labute approximate surface area is 110 Å². The number of anilines is 1. The summed E-state index contributed by atoms with van der Waals surface area (Å²) < 4.78 is 10.8. The first-order valence-corrected chi connectivity index (χ1v) is 6.13. The molecule has 1 aromatic carbocycles. The van der Waals surface area contributed by atoms with E-state index in [2.05, 4.69) is 10.1 Å². The van der Waals surface area contributed by atoms with Gasteiger partial charge in [-0.05, 0) is 37.5 Å². The van der Waals surface area contributed by atoms with Crippen molar-refractivity contribution >= 4 is 5.69 Å². The minimum absolute atomic E-state index is 0.0378. The number of ether oxygens (including phenoxy) is 1. The molecule has 2 aromatic rings. The summed E-state index contributed by atoms with van der Waals surface area (Å²) in [6.07, 6.45) is 2.91. The van der Waals surface area contributed by atoms with Crippen molar-refractivity contribution in [1.82, 2.24) is 10.1 Å². The zero-order chi connectivity index (χ0) is 13.5. The molecular formula is C13H15N3O3. The van der Waals surface area contributed by atoms with E-state index in [0.717, 1.165) is 19.3 Å². The molecule has 19 heavy (non-hydrogen) atoms. The van der Waals surface area contributed by atoms with Gasteiger partial charge in [0, 0.05) is 12.7 Å². The van der Waals surface area contributed by atoms with Crippen molar-refractivity contribution in [3.8, 4) is 17.2 Å². The van der Waals surface area contributed by atoms with Crippen LogP contribution in [0.4, 0.5) is 5.69 Å². The molecule has 0 bridgehead atoms. The van der Waals surface area contributed by atoms with Gasteiger partial charge in [0.25, 0.3) is 5.89 Å². The molecule has 0 radical (unpaired) electrons. The Morgan fingerprint density at radius 2 is 2.21 bits per heavy atom. The summed E-state index contributed by atoms with van der Waals surface area (Å²) in [5.41, 5.74) is 6.21. The topological polar surface area (TPSA) is 94.4 Å². The smallest absolute Gasteiger partial charge is 0.258 e. The number of hydrogen-bond donors (Lipinski definition) is 2. The van der Waals surface area contributed by atoms with Crippen LogP contribution in [0.15, 0.2) is 22.7 Å². The predicted molar refractivity (Wildman–Crippen MR) is 68.3 cm³/mol. The molecule has 1 aromatic heterocycles. The van der Waals surface area contributed by atoms with E-state index in [1.54, 1.807) is 19.2 Å². The number of aromatic nitrogens is 2. The summed E-state index contributed by atoms with van der Waals surface area (Å²) in [5, 5.41) is 13.4. The van der Waals surface area contributed by atoms with Crippen LogP contribution in [0.25, 0.3) is 11.5 Å². The Bertz CT molecular complexity index is 599. The number of nitrogens with zero attached hydrogens (tertiary/aromatic N) is 2. The third-order valence-corrected chi connectivity index (χ3v) is 3.66. The molecule has 1 aliphatic rings. The van der Waals surface area contributed by atoms with Crippen molar-refractivity contribution < 1.29 is 14.4 Å². The Balaban J connectivity index is 1.94. The highest BCUT2D eigenvalue weighted by molar-refractivity contribution is 5.64. The van der Waals surface area contributed by atoms with Crippen molar-refractivity contribution in [2.24, 2.45) is 0 Å². The van der Waals surface area contributed by atoms with Crippen molar-refractivity contribution in [2.45, 2.75) is 24.9 Å². The first kappa shape index (κ1) is 12.0. The molecule has 1 heterocycles. The van der Waals surface area contributed by atoms with Crippen LogP contribution in [0.2, 0.25) is 0 Å². The molecule has 1 aliphatic carbocycles. The molecule has 1 fully saturated rings. The maximum Gasteiger partial charge on any atom is 0.258 e. The maximum absolute atomic E-state index is 9.40. The van der Waals surface area contributed by atoms with Crippen molar-refractivity contribution in [3.63, 3.8) is 0 Å². The summed E-state index contributed by atoms with van der Waals surface area (Å²) in [6.45, 7) is 0. The summed E-state index contributed by atoms with van der Waals surface area (Å²) in [6, 6.07) is 4.79. The van der Waals surface area contributed by atoms with Gasteiger partial charge in [-0.3, -0.25) is 0 Å². The van der Waals surface area contributed by atoms with Crippen molar-refractivity contribution in [2.75, 3.05) is 12.8 Å². The fourth-order valence-corrected chi connectivity index (χ4v) is 2.23. The van der Waals surface area contributed by atoms with Gasteiger partial charge in [0.15, 0.2) is 0 Å². The van der Waals surface area contributed by atoms with Gasteiger partial charge in [-0.1, -0.05) is 5.16 Å². The number of phenols is 1. The monoisotopic (exact) mass is 261 g/mol. The minimum atomic E-state index is -0.399. The zero-order valence-electron chi connectivity index (χ0n) is 10.6. The number of nitrogens with two attached hydrogens (primary N) is 1. The van der Waals surface area contributed by atoms with E-state index in [-0.39, 0.29) is 11.4 Å². The van der Waals surface area contributed by atoms with Gasteiger partial charge in [-0.2, -0.15) is 4.98 Å². The van der Waals surface area contributed by atoms with Crippen LogP contribution in [0, 0.1) is 0 Å². The lowest BCUT2D eigenvalue weighted by Gasteiger charge is -2.37. The summed E-state index contributed by atoms with van der Waals surface area (Å²) in [7, 11) is 1.66. The van der Waals surface area contributed by atoms with Crippen molar-refractivity contribution in [3.05, 3.63) is 24.0 Å². The minimum Gasteiger partial charge on any atom is -0.506 e. The molecule has 0 atom stereocenters. The van der Waals surface area contributed by atoms with Gasteiger partial charge in [0.2, 0.25) is 5.82 Å². The molecule has 0 unspecified atom stereocenters. The molecule has 100 valence electrons. The number of hydrogen-bond acceptors (Lipinski definition) is 6. The fourth-order valence-electron chi connectivity index (χ4n) is 2.23. The Morgan fingerprint density at radius 3 is 2.79 bits per heavy atom. The van der Waals surface area contributed by atoms with Gasteiger partial charge >= 0.3 is 0 Å². The van der Waals surface area contributed by atoms with Gasteiger partial charge in [-0.15, -0.1) is 0 Å². The molecule has 1 saturated carbocycles. The van der Waals surface area contributed by atoms with Crippen LogP contribution in [-0.2, 0) is 10.3 Å². The molecule has 0 aliphatic heterocycles. The number of benzene rings is 1. The van der Waals surface area contributed by atoms with E-state index in [9.17, 15) is 5.11 Å². The fraction of sp³-hybridized carbons (Fsp3) is 0.385. The molecule has 0 saturated heterocycles. The number of aromatic hydroxyl groups is 1. The summed E-state index contributed by atoms with van der Waals surface area (Å²) in [5.74, 6) is 0.990. The zero-order valence-corrected chi connectivity index (χ0v) is 10.6. The largest absolute Gasteiger partial charge is 0.506 e. The third kappa shape index (κ3) is 1.84. The SMILES string of the molecule is COC1(c2noc(-c3ccc(O)c(N)c3)n2)CCC1. The normalized spacial score (nSPS) is 17.1. The highest BCUT2D eigenvalue weighted by Gasteiger charge is 2.43. The van der Waals surface area contributed by atoms with Crippen LogP contribution in [-0.4, -0.2) is 22.4 Å². The quantitative estimate of drug-likeness (QED) is 0.648. The lowest BCUT2D eigenvalue weighted by molar-refractivity contribution is -0.0858. The first-order valence-electron chi connectivity index (χ1n) is 6.13. The standard InChI is InChI=1S/C13H15N3O3/c1-18-13(5-2-6-13)12-15-11(19-16-12)8-3-4-10(17)9(14)7-8/h3-4,7,17H,2,5-6,14H2,1H3. The third-order valence-electron chi connectivity index (χ3n) is 3.66. The number of nitrogen functional groups attached to an aromatic ring is 1. The van der Waals surface area contributed by atoms with Crippen LogP contribution >= 0.6 is 0 Å². The van der Waals surface area contributed by atoms with Crippen LogP contribution in [0.3, 0.4) is 0 Å².